The normalized spacial score (nSPS) is 12.7. The molecule has 2 amide bonds. The molecule has 0 bridgehead atoms. The standard InChI is InChI=1S/C23H28BrClN2O3/c1-4-16(3)26-23(29)20(5-2)27(14-17-9-7-6-8-10-17)22(28)15-30-21-12-11-18(24)13-19(21)25/h6-13,16,20H,4-5,14-15H2,1-3H3,(H,26,29). The largest absolute Gasteiger partial charge is 0.482 e. The summed E-state index contributed by atoms with van der Waals surface area (Å²) in [7, 11) is 0. The van der Waals surface area contributed by atoms with Crippen LogP contribution in [0.1, 0.15) is 39.2 Å². The fraction of sp³-hybridized carbons (Fsp3) is 0.391. The van der Waals surface area contributed by atoms with Gasteiger partial charge in [0.1, 0.15) is 11.8 Å². The van der Waals surface area contributed by atoms with Crippen molar-refractivity contribution >= 4 is 39.3 Å². The molecule has 30 heavy (non-hydrogen) atoms. The Morgan fingerprint density at radius 1 is 1.13 bits per heavy atom. The van der Waals surface area contributed by atoms with Crippen molar-refractivity contribution < 1.29 is 14.3 Å². The topological polar surface area (TPSA) is 58.6 Å². The van der Waals surface area contributed by atoms with Gasteiger partial charge in [-0.15, -0.1) is 0 Å². The van der Waals surface area contributed by atoms with Gasteiger partial charge in [-0.05, 0) is 43.5 Å². The van der Waals surface area contributed by atoms with Gasteiger partial charge < -0.3 is 15.0 Å². The minimum absolute atomic E-state index is 0.0399. The van der Waals surface area contributed by atoms with Gasteiger partial charge in [-0.25, -0.2) is 0 Å². The van der Waals surface area contributed by atoms with Crippen LogP contribution in [0.25, 0.3) is 0 Å². The molecule has 0 fully saturated rings. The highest BCUT2D eigenvalue weighted by molar-refractivity contribution is 9.10. The molecule has 0 saturated heterocycles. The van der Waals surface area contributed by atoms with Crippen molar-refractivity contribution in [1.29, 1.82) is 0 Å². The van der Waals surface area contributed by atoms with Crippen LogP contribution in [0.4, 0.5) is 0 Å². The third-order valence-electron chi connectivity index (χ3n) is 4.83. The van der Waals surface area contributed by atoms with Gasteiger partial charge in [0.2, 0.25) is 5.91 Å². The van der Waals surface area contributed by atoms with Crippen LogP contribution in [0.15, 0.2) is 53.0 Å². The molecule has 1 N–H and O–H groups in total. The molecule has 7 heteroatoms. The molecule has 5 nitrogen and oxygen atoms in total. The molecule has 2 aromatic rings. The van der Waals surface area contributed by atoms with Crippen LogP contribution in [0.3, 0.4) is 0 Å². The number of carbonyl (C=O) groups is 2. The van der Waals surface area contributed by atoms with Crippen LogP contribution < -0.4 is 10.1 Å². The van der Waals surface area contributed by atoms with Gasteiger partial charge in [-0.1, -0.05) is 71.7 Å². The van der Waals surface area contributed by atoms with Crippen LogP contribution in [-0.4, -0.2) is 35.4 Å². The summed E-state index contributed by atoms with van der Waals surface area (Å²) in [6.45, 7) is 5.98. The maximum Gasteiger partial charge on any atom is 0.261 e. The summed E-state index contributed by atoms with van der Waals surface area (Å²) in [5.41, 5.74) is 0.947. The van der Waals surface area contributed by atoms with Crippen LogP contribution in [0.2, 0.25) is 5.02 Å². The average molecular weight is 496 g/mol. The molecule has 0 radical (unpaired) electrons. The molecule has 2 atom stereocenters. The predicted molar refractivity (Wildman–Crippen MR) is 124 cm³/mol. The molecule has 0 aliphatic carbocycles. The Labute approximate surface area is 191 Å². The second-order valence-corrected chi connectivity index (χ2v) is 8.44. The number of hydrogen-bond donors (Lipinski definition) is 1. The van der Waals surface area contributed by atoms with Crippen LogP contribution >= 0.6 is 27.5 Å². The molecule has 162 valence electrons. The van der Waals surface area contributed by atoms with Gasteiger partial charge in [-0.3, -0.25) is 9.59 Å². The lowest BCUT2D eigenvalue weighted by Crippen LogP contribution is -2.51. The highest BCUT2D eigenvalue weighted by atomic mass is 79.9. The number of hydrogen-bond acceptors (Lipinski definition) is 3. The molecular weight excluding hydrogens is 468 g/mol. The minimum Gasteiger partial charge on any atom is -0.482 e. The van der Waals surface area contributed by atoms with Crippen molar-refractivity contribution in [3.05, 3.63) is 63.6 Å². The first kappa shape index (κ1) is 24.2. The van der Waals surface area contributed by atoms with Crippen molar-refractivity contribution in [2.75, 3.05) is 6.61 Å². The van der Waals surface area contributed by atoms with E-state index in [0.29, 0.717) is 23.7 Å². The van der Waals surface area contributed by atoms with E-state index < -0.39 is 6.04 Å². The van der Waals surface area contributed by atoms with Crippen LogP contribution in [0, 0.1) is 0 Å². The number of halogens is 2. The summed E-state index contributed by atoms with van der Waals surface area (Å²) in [6.07, 6.45) is 1.32. The minimum atomic E-state index is -0.587. The van der Waals surface area contributed by atoms with Gasteiger partial charge in [0, 0.05) is 17.1 Å². The van der Waals surface area contributed by atoms with Crippen molar-refractivity contribution in [2.24, 2.45) is 0 Å². The number of nitrogens with zero attached hydrogens (tertiary/aromatic N) is 1. The Kier molecular flexibility index (Phi) is 9.66. The van der Waals surface area contributed by atoms with E-state index in [1.807, 2.05) is 51.1 Å². The molecule has 2 unspecified atom stereocenters. The number of benzene rings is 2. The maximum atomic E-state index is 13.1. The van der Waals surface area contributed by atoms with E-state index in [4.69, 9.17) is 16.3 Å². The van der Waals surface area contributed by atoms with Gasteiger partial charge in [0.25, 0.3) is 5.91 Å². The quantitative estimate of drug-likeness (QED) is 0.493. The summed E-state index contributed by atoms with van der Waals surface area (Å²) >= 11 is 9.54. The number of nitrogens with one attached hydrogen (secondary N) is 1. The zero-order chi connectivity index (χ0) is 22.1. The van der Waals surface area contributed by atoms with E-state index in [2.05, 4.69) is 21.2 Å². The first-order valence-electron chi connectivity index (χ1n) is 10.1. The van der Waals surface area contributed by atoms with Crippen molar-refractivity contribution in [3.63, 3.8) is 0 Å². The van der Waals surface area contributed by atoms with Crippen LogP contribution in [0.5, 0.6) is 5.75 Å². The van der Waals surface area contributed by atoms with Gasteiger partial charge in [0.15, 0.2) is 6.61 Å². The lowest BCUT2D eigenvalue weighted by Gasteiger charge is -2.31. The molecule has 0 spiro atoms. The Bertz CT molecular complexity index is 848. The fourth-order valence-corrected chi connectivity index (χ4v) is 3.68. The molecule has 0 aliphatic heterocycles. The number of ether oxygens (including phenoxy) is 1. The van der Waals surface area contributed by atoms with Crippen molar-refractivity contribution in [3.8, 4) is 5.75 Å². The Morgan fingerprint density at radius 3 is 2.43 bits per heavy atom. The Hall–Kier alpha value is -2.05. The maximum absolute atomic E-state index is 13.1. The third kappa shape index (κ3) is 7.03. The molecule has 2 aromatic carbocycles. The molecule has 0 aromatic heterocycles. The van der Waals surface area contributed by atoms with E-state index in [1.54, 1.807) is 23.1 Å². The first-order chi connectivity index (χ1) is 14.3. The summed E-state index contributed by atoms with van der Waals surface area (Å²) in [6, 6.07) is 14.3. The molecule has 0 saturated carbocycles. The SMILES string of the molecule is CCC(C)NC(=O)C(CC)N(Cc1ccccc1)C(=O)COc1ccc(Br)cc1Cl. The summed E-state index contributed by atoms with van der Waals surface area (Å²) in [5.74, 6) is -0.00761. The Morgan fingerprint density at radius 2 is 1.83 bits per heavy atom. The van der Waals surface area contributed by atoms with E-state index in [0.717, 1.165) is 16.5 Å². The predicted octanol–water partition coefficient (Wildman–Crippen LogP) is 5.20. The number of amides is 2. The summed E-state index contributed by atoms with van der Waals surface area (Å²) in [5, 5.41) is 3.40. The number of carbonyl (C=O) groups excluding carboxylic acids is 2. The number of rotatable bonds is 10. The van der Waals surface area contributed by atoms with Gasteiger partial charge in [-0.2, -0.15) is 0 Å². The second kappa shape index (κ2) is 12.0. The first-order valence-corrected chi connectivity index (χ1v) is 11.2. The van der Waals surface area contributed by atoms with Gasteiger partial charge in [0.05, 0.1) is 5.02 Å². The van der Waals surface area contributed by atoms with Gasteiger partial charge >= 0.3 is 0 Å². The van der Waals surface area contributed by atoms with E-state index in [1.165, 1.54) is 0 Å². The smallest absolute Gasteiger partial charge is 0.261 e. The lowest BCUT2D eigenvalue weighted by atomic mass is 10.1. The van der Waals surface area contributed by atoms with Crippen molar-refractivity contribution in [2.45, 2.75) is 52.2 Å². The van der Waals surface area contributed by atoms with Crippen molar-refractivity contribution in [1.82, 2.24) is 10.2 Å². The highest BCUT2D eigenvalue weighted by Crippen LogP contribution is 2.27. The molecule has 0 aliphatic rings. The summed E-state index contributed by atoms with van der Waals surface area (Å²) < 4.78 is 6.50. The van der Waals surface area contributed by atoms with E-state index in [9.17, 15) is 9.59 Å². The lowest BCUT2D eigenvalue weighted by molar-refractivity contribution is -0.143. The molecule has 0 heterocycles. The van der Waals surface area contributed by atoms with E-state index in [-0.39, 0.29) is 24.5 Å². The summed E-state index contributed by atoms with van der Waals surface area (Å²) in [4.78, 5) is 27.6. The monoisotopic (exact) mass is 494 g/mol. The Balaban J connectivity index is 2.20. The van der Waals surface area contributed by atoms with E-state index >= 15 is 0 Å². The second-order valence-electron chi connectivity index (χ2n) is 7.11. The highest BCUT2D eigenvalue weighted by Gasteiger charge is 2.29. The zero-order valence-electron chi connectivity index (χ0n) is 17.5. The average Bonchev–Trinajstić information content (AvgIpc) is 2.73. The zero-order valence-corrected chi connectivity index (χ0v) is 19.9. The molecule has 2 rings (SSSR count). The van der Waals surface area contributed by atoms with Crippen LogP contribution in [-0.2, 0) is 16.1 Å². The third-order valence-corrected chi connectivity index (χ3v) is 5.62. The fourth-order valence-electron chi connectivity index (χ4n) is 2.96. The molecular formula is C23H28BrClN2O3.